The van der Waals surface area contributed by atoms with Gasteiger partial charge in [-0.1, -0.05) is 35.0 Å². The van der Waals surface area contributed by atoms with Crippen molar-refractivity contribution in [1.29, 1.82) is 0 Å². The van der Waals surface area contributed by atoms with Crippen molar-refractivity contribution in [1.82, 2.24) is 14.8 Å². The third-order valence-corrected chi connectivity index (χ3v) is 5.56. The number of rotatable bonds is 8. The average molecular weight is 482 g/mol. The lowest BCUT2D eigenvalue weighted by molar-refractivity contribution is -0.116. The van der Waals surface area contributed by atoms with Crippen molar-refractivity contribution in [3.8, 4) is 0 Å². The number of nitrogens with one attached hydrogen (secondary N) is 2. The molecule has 1 aromatic heterocycles. The predicted octanol–water partition coefficient (Wildman–Crippen LogP) is 4.56. The molecule has 3 rings (SSSR count). The van der Waals surface area contributed by atoms with Crippen LogP contribution in [0, 0.1) is 5.82 Å². The molecule has 2 amide bonds. The molecule has 0 saturated heterocycles. The van der Waals surface area contributed by atoms with Crippen molar-refractivity contribution in [3.05, 3.63) is 64.2 Å². The Morgan fingerprint density at radius 3 is 2.32 bits per heavy atom. The van der Waals surface area contributed by atoms with Gasteiger partial charge in [0.1, 0.15) is 11.6 Å². The van der Waals surface area contributed by atoms with Gasteiger partial charge in [-0.25, -0.2) is 4.39 Å². The minimum absolute atomic E-state index is 0.112. The smallest absolute Gasteiger partial charge is 0.234 e. The number of thioether (sulfide) groups is 1. The minimum atomic E-state index is -0.368. The molecular formula is C20H18Cl2FN5O2S. The van der Waals surface area contributed by atoms with E-state index < -0.39 is 0 Å². The molecule has 1 heterocycles. The first-order chi connectivity index (χ1) is 14.8. The summed E-state index contributed by atoms with van der Waals surface area (Å²) >= 11 is 13.1. The highest BCUT2D eigenvalue weighted by Gasteiger charge is 2.13. The van der Waals surface area contributed by atoms with Crippen LogP contribution in [0.1, 0.15) is 12.2 Å². The summed E-state index contributed by atoms with van der Waals surface area (Å²) in [5.74, 6) is -0.109. The summed E-state index contributed by atoms with van der Waals surface area (Å²) in [6.07, 6.45) is 0.550. The first-order valence-electron chi connectivity index (χ1n) is 9.12. The highest BCUT2D eigenvalue weighted by Crippen LogP contribution is 2.23. The second-order valence-corrected chi connectivity index (χ2v) is 8.32. The highest BCUT2D eigenvalue weighted by molar-refractivity contribution is 7.99. The zero-order valence-electron chi connectivity index (χ0n) is 16.4. The molecule has 0 aliphatic carbocycles. The van der Waals surface area contributed by atoms with E-state index in [-0.39, 0.29) is 29.8 Å². The van der Waals surface area contributed by atoms with Crippen LogP contribution in [0.4, 0.5) is 15.8 Å². The van der Waals surface area contributed by atoms with E-state index in [2.05, 4.69) is 20.8 Å². The summed E-state index contributed by atoms with van der Waals surface area (Å²) in [6, 6.07) is 10.3. The quantitative estimate of drug-likeness (QED) is 0.460. The molecule has 11 heteroatoms. The molecule has 0 unspecified atom stereocenters. The Balaban J connectivity index is 1.48. The summed E-state index contributed by atoms with van der Waals surface area (Å²) in [5.41, 5.74) is 1.03. The van der Waals surface area contributed by atoms with E-state index in [1.165, 1.54) is 36.0 Å². The third kappa shape index (κ3) is 6.95. The number of aryl methyl sites for hydroxylation is 1. The number of hydrogen-bond donors (Lipinski definition) is 2. The van der Waals surface area contributed by atoms with Crippen molar-refractivity contribution >= 4 is 58.2 Å². The van der Waals surface area contributed by atoms with Crippen LogP contribution < -0.4 is 10.6 Å². The fourth-order valence-corrected chi connectivity index (χ4v) is 3.88. The number of hydrogen-bond acceptors (Lipinski definition) is 5. The van der Waals surface area contributed by atoms with Gasteiger partial charge in [0, 0.05) is 41.3 Å². The Hall–Kier alpha value is -2.62. The van der Waals surface area contributed by atoms with Gasteiger partial charge < -0.3 is 15.2 Å². The third-order valence-electron chi connectivity index (χ3n) is 4.11. The zero-order valence-corrected chi connectivity index (χ0v) is 18.7. The van der Waals surface area contributed by atoms with E-state index in [1.807, 2.05) is 0 Å². The molecule has 0 aliphatic heterocycles. The fourth-order valence-electron chi connectivity index (χ4n) is 2.62. The van der Waals surface area contributed by atoms with Gasteiger partial charge in [0.05, 0.1) is 5.75 Å². The molecule has 0 aliphatic rings. The molecule has 3 aromatic rings. The Morgan fingerprint density at radius 2 is 1.65 bits per heavy atom. The number of amides is 2. The summed E-state index contributed by atoms with van der Waals surface area (Å²) in [4.78, 5) is 24.3. The van der Waals surface area contributed by atoms with Gasteiger partial charge in [-0.2, -0.15) is 0 Å². The van der Waals surface area contributed by atoms with Crippen LogP contribution in [-0.4, -0.2) is 32.3 Å². The molecule has 0 fully saturated rings. The van der Waals surface area contributed by atoms with E-state index in [1.54, 1.807) is 29.8 Å². The van der Waals surface area contributed by atoms with Crippen molar-refractivity contribution in [3.63, 3.8) is 0 Å². The highest BCUT2D eigenvalue weighted by atomic mass is 35.5. The zero-order chi connectivity index (χ0) is 22.4. The fraction of sp³-hybridized carbons (Fsp3) is 0.200. The van der Waals surface area contributed by atoms with Crippen LogP contribution in [0.2, 0.25) is 10.0 Å². The number of benzene rings is 2. The maximum atomic E-state index is 12.9. The van der Waals surface area contributed by atoms with Gasteiger partial charge in [0.25, 0.3) is 0 Å². The topological polar surface area (TPSA) is 88.9 Å². The number of carbonyl (C=O) groups is 2. The number of anilines is 2. The van der Waals surface area contributed by atoms with Crippen molar-refractivity contribution in [2.45, 2.75) is 18.0 Å². The van der Waals surface area contributed by atoms with E-state index in [9.17, 15) is 14.0 Å². The van der Waals surface area contributed by atoms with Gasteiger partial charge in [0.15, 0.2) is 5.16 Å². The Labute approximate surface area is 192 Å². The summed E-state index contributed by atoms with van der Waals surface area (Å²) in [6.45, 7) is 0. The Bertz CT molecular complexity index is 1070. The van der Waals surface area contributed by atoms with Crippen LogP contribution in [0.25, 0.3) is 0 Å². The van der Waals surface area contributed by atoms with Gasteiger partial charge in [-0.05, 0) is 42.5 Å². The molecule has 0 radical (unpaired) electrons. The molecule has 2 aromatic carbocycles. The monoisotopic (exact) mass is 481 g/mol. The molecular weight excluding hydrogens is 464 g/mol. The van der Waals surface area contributed by atoms with E-state index in [0.29, 0.717) is 38.8 Å². The number of aromatic nitrogens is 3. The van der Waals surface area contributed by atoms with Crippen molar-refractivity contribution in [2.24, 2.45) is 7.05 Å². The molecule has 0 bridgehead atoms. The first kappa shape index (κ1) is 23.1. The first-order valence-corrected chi connectivity index (χ1v) is 10.9. The molecule has 2 N–H and O–H groups in total. The van der Waals surface area contributed by atoms with Crippen LogP contribution in [-0.2, 0) is 23.1 Å². The van der Waals surface area contributed by atoms with Crippen molar-refractivity contribution in [2.75, 3.05) is 16.4 Å². The van der Waals surface area contributed by atoms with Gasteiger partial charge in [-0.15, -0.1) is 10.2 Å². The average Bonchev–Trinajstić information content (AvgIpc) is 3.05. The number of nitrogens with zero attached hydrogens (tertiary/aromatic N) is 3. The van der Waals surface area contributed by atoms with Gasteiger partial charge in [0.2, 0.25) is 11.8 Å². The Morgan fingerprint density at radius 1 is 1.00 bits per heavy atom. The maximum Gasteiger partial charge on any atom is 0.234 e. The summed E-state index contributed by atoms with van der Waals surface area (Å²) < 4.78 is 14.7. The number of carbonyl (C=O) groups excluding carboxylic acids is 2. The SMILES string of the molecule is Cn1c(CCC(=O)Nc2ccc(F)cc2)nnc1SCC(=O)Nc1cc(Cl)cc(Cl)c1. The minimum Gasteiger partial charge on any atom is -0.326 e. The standard InChI is InChI=1S/C20H18Cl2FN5O2S/c1-28-17(6-7-18(29)24-15-4-2-14(23)3-5-15)26-27-20(28)31-11-19(30)25-16-9-12(21)8-13(22)10-16/h2-5,8-10H,6-7,11H2,1H3,(H,24,29)(H,25,30). The lowest BCUT2D eigenvalue weighted by atomic mass is 10.2. The molecule has 7 nitrogen and oxygen atoms in total. The van der Waals surface area contributed by atoms with Gasteiger partial charge in [-0.3, -0.25) is 9.59 Å². The van der Waals surface area contributed by atoms with Crippen LogP contribution in [0.3, 0.4) is 0 Å². The van der Waals surface area contributed by atoms with E-state index >= 15 is 0 Å². The Kier molecular flexibility index (Phi) is 7.89. The predicted molar refractivity (Wildman–Crippen MR) is 120 cm³/mol. The molecule has 162 valence electrons. The van der Waals surface area contributed by atoms with Crippen molar-refractivity contribution < 1.29 is 14.0 Å². The van der Waals surface area contributed by atoms with Crippen LogP contribution in [0.5, 0.6) is 0 Å². The van der Waals surface area contributed by atoms with Gasteiger partial charge >= 0.3 is 0 Å². The van der Waals surface area contributed by atoms with Crippen LogP contribution >= 0.6 is 35.0 Å². The molecule has 0 saturated carbocycles. The molecule has 0 spiro atoms. The summed E-state index contributed by atoms with van der Waals surface area (Å²) in [5, 5.41) is 15.0. The lowest BCUT2D eigenvalue weighted by Gasteiger charge is -2.07. The number of halogens is 3. The molecule has 31 heavy (non-hydrogen) atoms. The summed E-state index contributed by atoms with van der Waals surface area (Å²) in [7, 11) is 1.77. The maximum absolute atomic E-state index is 12.9. The second-order valence-electron chi connectivity index (χ2n) is 6.51. The normalized spacial score (nSPS) is 10.7. The largest absolute Gasteiger partial charge is 0.326 e. The van der Waals surface area contributed by atoms with E-state index in [0.717, 1.165) is 0 Å². The van der Waals surface area contributed by atoms with Crippen LogP contribution in [0.15, 0.2) is 47.6 Å². The second kappa shape index (κ2) is 10.6. The molecule has 0 atom stereocenters. The van der Waals surface area contributed by atoms with E-state index in [4.69, 9.17) is 23.2 Å². The lowest BCUT2D eigenvalue weighted by Crippen LogP contribution is -2.15.